The largest absolute Gasteiger partial charge is 0.406 e. The van der Waals surface area contributed by atoms with Gasteiger partial charge < -0.3 is 9.05 Å². The number of nitriles is 1. The molecule has 0 aliphatic heterocycles. The van der Waals surface area contributed by atoms with E-state index in [1.165, 1.54) is 14.2 Å². The van der Waals surface area contributed by atoms with E-state index in [0.717, 1.165) is 19.3 Å². The summed E-state index contributed by atoms with van der Waals surface area (Å²) in [7, 11) is -0.683. The molecule has 0 aromatic rings. The number of rotatable bonds is 4. The molecule has 5 nitrogen and oxygen atoms in total. The third kappa shape index (κ3) is 3.02. The Morgan fingerprint density at radius 3 is 2.20 bits per heavy atom. The molecule has 0 heterocycles. The van der Waals surface area contributed by atoms with E-state index < -0.39 is 13.3 Å². The van der Waals surface area contributed by atoms with Gasteiger partial charge in [-0.25, -0.2) is 9.65 Å². The van der Waals surface area contributed by atoms with Gasteiger partial charge in [-0.3, -0.25) is 0 Å². The van der Waals surface area contributed by atoms with Crippen molar-refractivity contribution >= 4 is 7.75 Å². The lowest BCUT2D eigenvalue weighted by Crippen LogP contribution is -2.43. The molecule has 1 aliphatic rings. The SMILES string of the molecule is COP(=O)(NC1(C#N)CCCCC1)OC. The fourth-order valence-electron chi connectivity index (χ4n) is 1.83. The molecule has 1 saturated carbocycles. The summed E-state index contributed by atoms with van der Waals surface area (Å²) in [5, 5.41) is 11.9. The molecule has 0 radical (unpaired) electrons. The maximum atomic E-state index is 11.9. The number of nitrogens with one attached hydrogen (secondary N) is 1. The Bertz CT molecular complexity index is 286. The molecule has 1 rings (SSSR count). The lowest BCUT2D eigenvalue weighted by molar-refractivity contribution is 0.235. The molecule has 0 unspecified atom stereocenters. The first-order chi connectivity index (χ1) is 7.10. The van der Waals surface area contributed by atoms with Crippen LogP contribution in [-0.4, -0.2) is 19.8 Å². The Kier molecular flexibility index (Phi) is 4.30. The zero-order chi connectivity index (χ0) is 11.4. The molecule has 86 valence electrons. The van der Waals surface area contributed by atoms with Crippen LogP contribution in [-0.2, 0) is 13.6 Å². The van der Waals surface area contributed by atoms with Crippen molar-refractivity contribution in [3.05, 3.63) is 0 Å². The Labute approximate surface area is 90.3 Å². The van der Waals surface area contributed by atoms with Gasteiger partial charge in [0.1, 0.15) is 5.54 Å². The highest BCUT2D eigenvalue weighted by Gasteiger charge is 2.39. The minimum absolute atomic E-state index is 0.695. The normalized spacial score (nSPS) is 20.9. The lowest BCUT2D eigenvalue weighted by atomic mass is 9.84. The molecule has 0 aromatic carbocycles. The van der Waals surface area contributed by atoms with Crippen LogP contribution < -0.4 is 5.09 Å². The number of hydrogen-bond acceptors (Lipinski definition) is 4. The van der Waals surface area contributed by atoms with Gasteiger partial charge >= 0.3 is 7.75 Å². The smallest absolute Gasteiger partial charge is 0.300 e. The summed E-state index contributed by atoms with van der Waals surface area (Å²) in [6.07, 6.45) is 4.44. The van der Waals surface area contributed by atoms with Gasteiger partial charge in [0.2, 0.25) is 0 Å². The van der Waals surface area contributed by atoms with Crippen molar-refractivity contribution < 1.29 is 13.6 Å². The van der Waals surface area contributed by atoms with E-state index >= 15 is 0 Å². The first kappa shape index (κ1) is 12.7. The highest BCUT2D eigenvalue weighted by atomic mass is 31.2. The summed E-state index contributed by atoms with van der Waals surface area (Å²) < 4.78 is 21.5. The van der Waals surface area contributed by atoms with Crippen LogP contribution >= 0.6 is 7.75 Å². The monoisotopic (exact) mass is 232 g/mol. The summed E-state index contributed by atoms with van der Waals surface area (Å²) in [6, 6.07) is 2.20. The minimum atomic E-state index is -3.30. The average molecular weight is 232 g/mol. The van der Waals surface area contributed by atoms with E-state index in [1.54, 1.807) is 0 Å². The molecule has 0 atom stereocenters. The Balaban J connectivity index is 2.76. The van der Waals surface area contributed by atoms with E-state index in [-0.39, 0.29) is 0 Å². The molecule has 0 aromatic heterocycles. The van der Waals surface area contributed by atoms with Crippen LogP contribution in [0.15, 0.2) is 0 Å². The molecule has 0 amide bonds. The van der Waals surface area contributed by atoms with Gasteiger partial charge in [-0.15, -0.1) is 0 Å². The van der Waals surface area contributed by atoms with Gasteiger partial charge in [-0.05, 0) is 12.8 Å². The van der Waals surface area contributed by atoms with Gasteiger partial charge in [-0.1, -0.05) is 19.3 Å². The average Bonchev–Trinajstić information content (AvgIpc) is 2.30. The maximum Gasteiger partial charge on any atom is 0.406 e. The maximum absolute atomic E-state index is 11.9. The quantitative estimate of drug-likeness (QED) is 0.752. The van der Waals surface area contributed by atoms with Gasteiger partial charge in [-0.2, -0.15) is 5.26 Å². The van der Waals surface area contributed by atoms with E-state index in [9.17, 15) is 4.57 Å². The number of nitrogens with zero attached hydrogens (tertiary/aromatic N) is 1. The molecule has 0 saturated heterocycles. The van der Waals surface area contributed by atoms with Gasteiger partial charge in [0.15, 0.2) is 0 Å². The van der Waals surface area contributed by atoms with Crippen molar-refractivity contribution in [2.75, 3.05) is 14.2 Å². The van der Waals surface area contributed by atoms with Crippen LogP contribution in [0.4, 0.5) is 0 Å². The fourth-order valence-corrected chi connectivity index (χ4v) is 2.96. The third-order valence-electron chi connectivity index (χ3n) is 2.75. The molecule has 0 bridgehead atoms. The molecule has 0 spiro atoms. The Morgan fingerprint density at radius 2 is 1.80 bits per heavy atom. The zero-order valence-corrected chi connectivity index (χ0v) is 10.0. The lowest BCUT2D eigenvalue weighted by Gasteiger charge is -2.33. The van der Waals surface area contributed by atoms with Crippen molar-refractivity contribution in [2.45, 2.75) is 37.6 Å². The first-order valence-corrected chi connectivity index (χ1v) is 6.56. The summed E-state index contributed by atoms with van der Waals surface area (Å²) in [5.74, 6) is 0. The van der Waals surface area contributed by atoms with E-state index in [1.807, 2.05) is 0 Å². The van der Waals surface area contributed by atoms with Gasteiger partial charge in [0.25, 0.3) is 0 Å². The third-order valence-corrected chi connectivity index (χ3v) is 4.42. The molecular weight excluding hydrogens is 215 g/mol. The van der Waals surface area contributed by atoms with Gasteiger partial charge in [0.05, 0.1) is 6.07 Å². The van der Waals surface area contributed by atoms with E-state index in [0.29, 0.717) is 12.8 Å². The van der Waals surface area contributed by atoms with Crippen molar-refractivity contribution in [1.29, 1.82) is 5.26 Å². The van der Waals surface area contributed by atoms with Crippen LogP contribution in [0.25, 0.3) is 0 Å². The van der Waals surface area contributed by atoms with Crippen molar-refractivity contribution in [2.24, 2.45) is 0 Å². The first-order valence-electron chi connectivity index (χ1n) is 5.02. The van der Waals surface area contributed by atoms with Crippen LogP contribution in [0.3, 0.4) is 0 Å². The summed E-state index contributed by atoms with van der Waals surface area (Å²) in [4.78, 5) is 0. The van der Waals surface area contributed by atoms with E-state index in [4.69, 9.17) is 14.3 Å². The van der Waals surface area contributed by atoms with E-state index in [2.05, 4.69) is 11.2 Å². The van der Waals surface area contributed by atoms with Crippen molar-refractivity contribution in [3.63, 3.8) is 0 Å². The molecule has 1 aliphatic carbocycles. The molecule has 6 heteroatoms. The summed E-state index contributed by atoms with van der Waals surface area (Å²) in [5.41, 5.74) is -0.750. The number of hydrogen-bond donors (Lipinski definition) is 1. The standard InChI is InChI=1S/C9H17N2O3P/c1-13-15(12,14-2)11-9(8-10)6-4-3-5-7-9/h3-7H2,1-2H3,(H,11,12). The van der Waals surface area contributed by atoms with Gasteiger partial charge in [0, 0.05) is 14.2 Å². The predicted molar refractivity (Wildman–Crippen MR) is 56.2 cm³/mol. The van der Waals surface area contributed by atoms with Crippen molar-refractivity contribution in [1.82, 2.24) is 5.09 Å². The summed E-state index contributed by atoms with van der Waals surface area (Å²) in [6.45, 7) is 0. The second kappa shape index (κ2) is 5.09. The zero-order valence-electron chi connectivity index (χ0n) is 9.15. The summed E-state index contributed by atoms with van der Waals surface area (Å²) >= 11 is 0. The van der Waals surface area contributed by atoms with Crippen LogP contribution in [0.2, 0.25) is 0 Å². The molecule has 15 heavy (non-hydrogen) atoms. The van der Waals surface area contributed by atoms with Crippen LogP contribution in [0.1, 0.15) is 32.1 Å². The molecular formula is C9H17N2O3P. The molecule has 1 N–H and O–H groups in total. The second-order valence-corrected chi connectivity index (χ2v) is 5.68. The second-order valence-electron chi connectivity index (χ2n) is 3.73. The minimum Gasteiger partial charge on any atom is -0.300 e. The topological polar surface area (TPSA) is 71.3 Å². The predicted octanol–water partition coefficient (Wildman–Crippen LogP) is 2.20. The van der Waals surface area contributed by atoms with Crippen LogP contribution in [0, 0.1) is 11.3 Å². The van der Waals surface area contributed by atoms with Crippen LogP contribution in [0.5, 0.6) is 0 Å². The van der Waals surface area contributed by atoms with Crippen molar-refractivity contribution in [3.8, 4) is 6.07 Å². The highest BCUT2D eigenvalue weighted by Crippen LogP contribution is 2.46. The Hall–Kier alpha value is -0.400. The fraction of sp³-hybridized carbons (Fsp3) is 0.889. The highest BCUT2D eigenvalue weighted by molar-refractivity contribution is 7.51. The Morgan fingerprint density at radius 1 is 1.27 bits per heavy atom. The molecule has 1 fully saturated rings.